The van der Waals surface area contributed by atoms with E-state index in [0.29, 0.717) is 5.56 Å². The van der Waals surface area contributed by atoms with Gasteiger partial charge in [0.15, 0.2) is 0 Å². The van der Waals surface area contributed by atoms with Crippen LogP contribution in [-0.4, -0.2) is 24.5 Å². The lowest BCUT2D eigenvalue weighted by Crippen LogP contribution is -2.04. The van der Waals surface area contributed by atoms with E-state index in [1.165, 1.54) is 18.2 Å². The average Bonchev–Trinajstić information content (AvgIpc) is 2.16. The molecule has 0 fully saturated rings. The first-order chi connectivity index (χ1) is 7.41. The molecule has 0 bridgehead atoms. The third kappa shape index (κ3) is 3.96. The van der Waals surface area contributed by atoms with E-state index < -0.39 is 18.4 Å². The van der Waals surface area contributed by atoms with E-state index in [2.05, 4.69) is 4.52 Å². The molecule has 0 heterocycles. The van der Waals surface area contributed by atoms with Crippen molar-refractivity contribution in [2.24, 2.45) is 0 Å². The van der Waals surface area contributed by atoms with E-state index in [1.54, 1.807) is 6.07 Å². The molecule has 88 valence electrons. The lowest BCUT2D eigenvalue weighted by atomic mass is 10.2. The van der Waals surface area contributed by atoms with Crippen LogP contribution in [0.15, 0.2) is 29.2 Å². The topological polar surface area (TPSA) is 101 Å². The van der Waals surface area contributed by atoms with Crippen molar-refractivity contribution in [3.05, 3.63) is 29.8 Å². The van der Waals surface area contributed by atoms with Crippen LogP contribution >= 0.6 is 8.25 Å². The Balaban J connectivity index is 2.84. The van der Waals surface area contributed by atoms with Gasteiger partial charge in [-0.2, -0.15) is 8.42 Å². The minimum atomic E-state index is -4.28. The molecule has 16 heavy (non-hydrogen) atoms. The largest absolute Gasteiger partial charge is 0.694 e. The van der Waals surface area contributed by atoms with Crippen molar-refractivity contribution in [2.45, 2.75) is 11.3 Å². The molecule has 0 aliphatic heterocycles. The summed E-state index contributed by atoms with van der Waals surface area (Å²) in [5.41, 5.74) is 0.335. The molecule has 1 unspecified atom stereocenters. The van der Waals surface area contributed by atoms with Crippen molar-refractivity contribution < 1.29 is 27.0 Å². The van der Waals surface area contributed by atoms with E-state index in [0.717, 1.165) is 0 Å². The van der Waals surface area contributed by atoms with Crippen LogP contribution in [0.1, 0.15) is 5.56 Å². The van der Waals surface area contributed by atoms with Crippen molar-refractivity contribution in [3.8, 4) is 0 Å². The highest BCUT2D eigenvalue weighted by atomic mass is 32.2. The van der Waals surface area contributed by atoms with Crippen molar-refractivity contribution in [1.82, 2.24) is 0 Å². The Morgan fingerprint density at radius 2 is 1.94 bits per heavy atom. The molecule has 0 aliphatic rings. The zero-order valence-corrected chi connectivity index (χ0v) is 9.82. The van der Waals surface area contributed by atoms with Crippen LogP contribution in [0.3, 0.4) is 0 Å². The van der Waals surface area contributed by atoms with Crippen molar-refractivity contribution in [2.75, 3.05) is 6.61 Å². The van der Waals surface area contributed by atoms with Crippen molar-refractivity contribution in [1.29, 1.82) is 0 Å². The molecule has 0 aromatic heterocycles. The predicted molar refractivity (Wildman–Crippen MR) is 55.7 cm³/mol. The van der Waals surface area contributed by atoms with Gasteiger partial charge in [0, 0.05) is 11.0 Å². The van der Waals surface area contributed by atoms with Gasteiger partial charge in [0.05, 0.1) is 4.90 Å². The first kappa shape index (κ1) is 13.2. The van der Waals surface area contributed by atoms with Gasteiger partial charge in [-0.1, -0.05) is 18.2 Å². The van der Waals surface area contributed by atoms with Gasteiger partial charge in [-0.15, -0.1) is 9.42 Å². The molecule has 1 aromatic carbocycles. The van der Waals surface area contributed by atoms with Gasteiger partial charge in [-0.25, -0.2) is 0 Å². The molecule has 0 radical (unpaired) electrons. The molecule has 0 amide bonds. The van der Waals surface area contributed by atoms with Gasteiger partial charge in [0.2, 0.25) is 0 Å². The Bertz CT molecular complexity index is 483. The summed E-state index contributed by atoms with van der Waals surface area (Å²) < 4.78 is 45.5. The summed E-state index contributed by atoms with van der Waals surface area (Å²) in [4.78, 5) is 8.16. The SMILES string of the molecule is O=[P+](O)OCCc1ccccc1S(=O)(=O)O. The smallest absolute Gasteiger partial charge is 0.282 e. The molecule has 0 spiro atoms. The van der Waals surface area contributed by atoms with Crippen LogP contribution in [0.2, 0.25) is 0 Å². The zero-order valence-electron chi connectivity index (χ0n) is 8.11. The zero-order chi connectivity index (χ0) is 12.2. The number of rotatable bonds is 5. The lowest BCUT2D eigenvalue weighted by Gasteiger charge is -2.03. The predicted octanol–water partition coefficient (Wildman–Crippen LogP) is 1.14. The average molecular weight is 265 g/mol. The fourth-order valence-electron chi connectivity index (χ4n) is 1.20. The molecule has 2 N–H and O–H groups in total. The van der Waals surface area contributed by atoms with Gasteiger partial charge in [0.25, 0.3) is 10.1 Å². The molecule has 1 rings (SSSR count). The Morgan fingerprint density at radius 3 is 2.50 bits per heavy atom. The molecule has 0 aliphatic carbocycles. The minimum Gasteiger partial charge on any atom is -0.282 e. The normalized spacial score (nSPS) is 12.5. The fraction of sp³-hybridized carbons (Fsp3) is 0.250. The molecule has 0 saturated heterocycles. The Kier molecular flexibility index (Phi) is 4.52. The van der Waals surface area contributed by atoms with Gasteiger partial charge >= 0.3 is 8.25 Å². The quantitative estimate of drug-likeness (QED) is 0.611. The highest BCUT2D eigenvalue weighted by molar-refractivity contribution is 7.85. The number of hydrogen-bond acceptors (Lipinski definition) is 4. The van der Waals surface area contributed by atoms with Crippen LogP contribution in [0.25, 0.3) is 0 Å². The summed E-state index contributed by atoms with van der Waals surface area (Å²) in [6, 6.07) is 5.82. The fourth-order valence-corrected chi connectivity index (χ4v) is 2.20. The van der Waals surface area contributed by atoms with Crippen LogP contribution in [0.4, 0.5) is 0 Å². The maximum Gasteiger partial charge on any atom is 0.694 e. The summed E-state index contributed by atoms with van der Waals surface area (Å²) in [5.74, 6) is 0. The summed E-state index contributed by atoms with van der Waals surface area (Å²) in [5, 5.41) is 0. The third-order valence-corrected chi connectivity index (χ3v) is 3.18. The minimum absolute atomic E-state index is 0.0990. The Labute approximate surface area is 93.6 Å². The van der Waals surface area contributed by atoms with Crippen LogP contribution in [0.5, 0.6) is 0 Å². The molecular weight excluding hydrogens is 255 g/mol. The molecule has 0 saturated carbocycles. The van der Waals surface area contributed by atoms with E-state index in [4.69, 9.17) is 9.45 Å². The molecule has 6 nitrogen and oxygen atoms in total. The second-order valence-corrected chi connectivity index (χ2v) is 5.03. The lowest BCUT2D eigenvalue weighted by molar-refractivity contribution is 0.284. The van der Waals surface area contributed by atoms with Gasteiger partial charge in [-0.05, 0) is 11.6 Å². The second kappa shape index (κ2) is 5.47. The van der Waals surface area contributed by atoms with Gasteiger partial charge < -0.3 is 0 Å². The maximum absolute atomic E-state index is 11.0. The first-order valence-electron chi connectivity index (χ1n) is 4.25. The Morgan fingerprint density at radius 1 is 1.31 bits per heavy atom. The highest BCUT2D eigenvalue weighted by Gasteiger charge is 2.16. The summed E-state index contributed by atoms with van der Waals surface area (Å²) in [6.07, 6.45) is 0.123. The van der Waals surface area contributed by atoms with Gasteiger partial charge in [-0.3, -0.25) is 4.55 Å². The highest BCUT2D eigenvalue weighted by Crippen LogP contribution is 2.18. The van der Waals surface area contributed by atoms with E-state index in [9.17, 15) is 13.0 Å². The third-order valence-electron chi connectivity index (χ3n) is 1.82. The summed E-state index contributed by atoms with van der Waals surface area (Å²) in [6.45, 7) is -0.0990. The van der Waals surface area contributed by atoms with E-state index in [-0.39, 0.29) is 17.9 Å². The maximum atomic E-state index is 11.0. The van der Waals surface area contributed by atoms with Gasteiger partial charge in [0.1, 0.15) is 6.61 Å². The molecular formula is C8H10O6PS+. The van der Waals surface area contributed by atoms with E-state index in [1.807, 2.05) is 0 Å². The number of hydrogen-bond donors (Lipinski definition) is 2. The van der Waals surface area contributed by atoms with Crippen molar-refractivity contribution >= 4 is 18.4 Å². The molecule has 8 heteroatoms. The number of benzene rings is 1. The molecule has 1 atom stereocenters. The standard InChI is InChI=1S/C8H9O6PS/c9-15(10)14-6-5-7-3-1-2-4-8(7)16(11,12)13/h1-4H,5-6H2,(H-,9,10,11,12,13)/p+1. The van der Waals surface area contributed by atoms with Crippen LogP contribution < -0.4 is 0 Å². The van der Waals surface area contributed by atoms with E-state index >= 15 is 0 Å². The molecule has 1 aromatic rings. The van der Waals surface area contributed by atoms with Crippen LogP contribution in [0, 0.1) is 0 Å². The van der Waals surface area contributed by atoms with Crippen LogP contribution in [-0.2, 0) is 25.6 Å². The summed E-state index contributed by atoms with van der Waals surface area (Å²) in [7, 11) is -6.97. The second-order valence-electron chi connectivity index (χ2n) is 2.90. The first-order valence-corrected chi connectivity index (χ1v) is 6.83. The Hall–Kier alpha value is -0.850. The van der Waals surface area contributed by atoms with Crippen molar-refractivity contribution in [3.63, 3.8) is 0 Å². The summed E-state index contributed by atoms with van der Waals surface area (Å²) >= 11 is 0. The monoisotopic (exact) mass is 265 g/mol.